The Bertz CT molecular complexity index is 905. The van der Waals surface area contributed by atoms with Crippen LogP contribution in [0.5, 0.6) is 0 Å². The number of carbonyl (C=O) groups is 2. The summed E-state index contributed by atoms with van der Waals surface area (Å²) in [5, 5.41) is 12.4. The predicted octanol–water partition coefficient (Wildman–Crippen LogP) is 4.05. The third-order valence-corrected chi connectivity index (χ3v) is 4.22. The molecule has 0 atom stereocenters. The quantitative estimate of drug-likeness (QED) is 0.619. The number of hydrogen-bond acceptors (Lipinski definition) is 3. The Morgan fingerprint density at radius 2 is 1.56 bits per heavy atom. The first kappa shape index (κ1) is 16.9. The van der Waals surface area contributed by atoms with Crippen molar-refractivity contribution in [2.24, 2.45) is 0 Å². The largest absolute Gasteiger partial charge is 0.326 e. The van der Waals surface area contributed by atoms with Crippen LogP contribution in [0.4, 0.5) is 11.4 Å². The van der Waals surface area contributed by atoms with E-state index in [2.05, 4.69) is 36.8 Å². The fourth-order valence-electron chi connectivity index (χ4n) is 2.30. The fraction of sp³-hybridized carbons (Fsp3) is 0.0556. The molecule has 0 aliphatic rings. The lowest BCUT2D eigenvalue weighted by Crippen LogP contribution is -2.13. The molecule has 0 saturated heterocycles. The van der Waals surface area contributed by atoms with Crippen LogP contribution in [0.2, 0.25) is 0 Å². The predicted molar refractivity (Wildman–Crippen MR) is 100 cm³/mol. The minimum atomic E-state index is -0.311. The normalized spacial score (nSPS) is 10.3. The Morgan fingerprint density at radius 1 is 0.960 bits per heavy atom. The molecule has 2 aromatic carbocycles. The summed E-state index contributed by atoms with van der Waals surface area (Å²) in [6, 6.07) is 16.4. The maximum atomic E-state index is 12.5. The number of nitrogens with one attached hydrogen (secondary N) is 3. The maximum absolute atomic E-state index is 12.5. The van der Waals surface area contributed by atoms with Gasteiger partial charge in [0.1, 0.15) is 11.4 Å². The van der Waals surface area contributed by atoms with Gasteiger partial charge in [-0.1, -0.05) is 30.3 Å². The van der Waals surface area contributed by atoms with Crippen LogP contribution < -0.4 is 10.6 Å². The van der Waals surface area contributed by atoms with Gasteiger partial charge in [0.25, 0.3) is 5.91 Å². The van der Waals surface area contributed by atoms with Crippen molar-refractivity contribution in [3.8, 4) is 11.3 Å². The number of aromatic nitrogens is 2. The van der Waals surface area contributed by atoms with Gasteiger partial charge >= 0.3 is 0 Å². The number of carbonyl (C=O) groups excluding carboxylic acids is 2. The van der Waals surface area contributed by atoms with E-state index in [9.17, 15) is 9.59 Å². The van der Waals surface area contributed by atoms with Crippen molar-refractivity contribution in [3.63, 3.8) is 0 Å². The Balaban J connectivity index is 1.76. The Morgan fingerprint density at radius 3 is 2.16 bits per heavy atom. The molecule has 0 fully saturated rings. The van der Waals surface area contributed by atoms with Gasteiger partial charge in [-0.2, -0.15) is 5.10 Å². The minimum absolute atomic E-state index is 0.147. The van der Waals surface area contributed by atoms with E-state index in [1.54, 1.807) is 24.3 Å². The molecule has 2 amide bonds. The third-order valence-electron chi connectivity index (χ3n) is 3.44. The van der Waals surface area contributed by atoms with Gasteiger partial charge in [-0.25, -0.2) is 0 Å². The zero-order valence-electron chi connectivity index (χ0n) is 13.3. The summed E-state index contributed by atoms with van der Waals surface area (Å²) in [5.74, 6) is -0.458. The summed E-state index contributed by atoms with van der Waals surface area (Å²) in [5.41, 5.74) is 3.20. The van der Waals surface area contributed by atoms with Crippen LogP contribution in [0.3, 0.4) is 0 Å². The zero-order valence-corrected chi connectivity index (χ0v) is 14.9. The first-order chi connectivity index (χ1) is 12.0. The molecule has 1 heterocycles. The van der Waals surface area contributed by atoms with Gasteiger partial charge in [0.15, 0.2) is 0 Å². The van der Waals surface area contributed by atoms with Gasteiger partial charge in [0.2, 0.25) is 5.91 Å². The molecule has 1 aromatic heterocycles. The summed E-state index contributed by atoms with van der Waals surface area (Å²) < 4.78 is 0.603. The second-order valence-corrected chi connectivity index (χ2v) is 6.13. The van der Waals surface area contributed by atoms with Crippen molar-refractivity contribution in [2.75, 3.05) is 10.6 Å². The molecule has 7 heteroatoms. The molecular weight excluding hydrogens is 384 g/mol. The van der Waals surface area contributed by atoms with Crippen LogP contribution in [-0.4, -0.2) is 22.0 Å². The number of rotatable bonds is 4. The van der Waals surface area contributed by atoms with E-state index in [0.29, 0.717) is 27.2 Å². The maximum Gasteiger partial charge on any atom is 0.274 e. The van der Waals surface area contributed by atoms with Gasteiger partial charge in [0.05, 0.1) is 4.47 Å². The number of amides is 2. The van der Waals surface area contributed by atoms with E-state index < -0.39 is 0 Å². The molecule has 0 spiro atoms. The third kappa shape index (κ3) is 3.95. The van der Waals surface area contributed by atoms with Crippen LogP contribution >= 0.6 is 15.9 Å². The zero-order chi connectivity index (χ0) is 17.8. The molecular formula is C18H15BrN4O2. The lowest BCUT2D eigenvalue weighted by atomic mass is 10.1. The summed E-state index contributed by atoms with van der Waals surface area (Å²) in [6.07, 6.45) is 0. The van der Waals surface area contributed by atoms with Crippen LogP contribution in [0, 0.1) is 0 Å². The number of anilines is 2. The van der Waals surface area contributed by atoms with E-state index in [-0.39, 0.29) is 11.8 Å². The summed E-state index contributed by atoms with van der Waals surface area (Å²) in [4.78, 5) is 23.5. The number of benzene rings is 2. The van der Waals surface area contributed by atoms with E-state index in [1.165, 1.54) is 6.92 Å². The topological polar surface area (TPSA) is 86.9 Å². The molecule has 0 aliphatic carbocycles. The van der Waals surface area contributed by atoms with Crippen molar-refractivity contribution in [1.29, 1.82) is 0 Å². The summed E-state index contributed by atoms with van der Waals surface area (Å²) in [6.45, 7) is 1.44. The average Bonchev–Trinajstić information content (AvgIpc) is 2.98. The second-order valence-electron chi connectivity index (χ2n) is 5.34. The van der Waals surface area contributed by atoms with Crippen molar-refractivity contribution in [3.05, 3.63) is 64.8 Å². The molecule has 0 saturated carbocycles. The lowest BCUT2D eigenvalue weighted by Gasteiger charge is -2.06. The number of hydrogen-bond donors (Lipinski definition) is 3. The fourth-order valence-corrected chi connectivity index (χ4v) is 2.89. The highest BCUT2D eigenvalue weighted by atomic mass is 79.9. The van der Waals surface area contributed by atoms with Crippen LogP contribution in [0.15, 0.2) is 59.1 Å². The van der Waals surface area contributed by atoms with Crippen molar-refractivity contribution >= 4 is 39.1 Å². The highest BCUT2D eigenvalue weighted by molar-refractivity contribution is 9.10. The molecule has 3 N–H and O–H groups in total. The number of H-pyrrole nitrogens is 1. The van der Waals surface area contributed by atoms with Gasteiger partial charge in [0, 0.05) is 23.9 Å². The Kier molecular flexibility index (Phi) is 4.95. The van der Waals surface area contributed by atoms with E-state index >= 15 is 0 Å². The van der Waals surface area contributed by atoms with Crippen LogP contribution in [0.25, 0.3) is 11.3 Å². The van der Waals surface area contributed by atoms with Crippen molar-refractivity contribution in [1.82, 2.24) is 10.2 Å². The number of halogens is 1. The number of aromatic amines is 1. The van der Waals surface area contributed by atoms with E-state index in [1.807, 2.05) is 30.3 Å². The average molecular weight is 399 g/mol. The van der Waals surface area contributed by atoms with Gasteiger partial charge in [-0.15, -0.1) is 0 Å². The first-order valence-corrected chi connectivity index (χ1v) is 8.32. The first-order valence-electron chi connectivity index (χ1n) is 7.53. The summed E-state index contributed by atoms with van der Waals surface area (Å²) in [7, 11) is 0. The molecule has 0 bridgehead atoms. The van der Waals surface area contributed by atoms with Gasteiger partial charge in [-0.05, 0) is 40.2 Å². The standard InChI is InChI=1S/C18H15BrN4O2/c1-11(24)20-13-7-9-14(10-8-13)21-18(25)17-15(19)16(22-23-17)12-5-3-2-4-6-12/h2-10H,1H3,(H,20,24)(H,21,25)(H,22,23). The van der Waals surface area contributed by atoms with Crippen LogP contribution in [-0.2, 0) is 4.79 Å². The molecule has 0 unspecified atom stereocenters. The molecule has 3 aromatic rings. The second kappa shape index (κ2) is 7.31. The SMILES string of the molecule is CC(=O)Nc1ccc(NC(=O)c2[nH]nc(-c3ccccc3)c2Br)cc1. The monoisotopic (exact) mass is 398 g/mol. The highest BCUT2D eigenvalue weighted by Crippen LogP contribution is 2.29. The van der Waals surface area contributed by atoms with Crippen molar-refractivity contribution in [2.45, 2.75) is 6.92 Å². The van der Waals surface area contributed by atoms with E-state index in [4.69, 9.17) is 0 Å². The molecule has 0 aliphatic heterocycles. The molecule has 0 radical (unpaired) electrons. The minimum Gasteiger partial charge on any atom is -0.326 e. The molecule has 126 valence electrons. The Hall–Kier alpha value is -2.93. The van der Waals surface area contributed by atoms with Crippen molar-refractivity contribution < 1.29 is 9.59 Å². The molecule has 3 rings (SSSR count). The summed E-state index contributed by atoms with van der Waals surface area (Å²) >= 11 is 3.44. The smallest absolute Gasteiger partial charge is 0.274 e. The van der Waals surface area contributed by atoms with Crippen LogP contribution in [0.1, 0.15) is 17.4 Å². The highest BCUT2D eigenvalue weighted by Gasteiger charge is 2.18. The van der Waals surface area contributed by atoms with Gasteiger partial charge < -0.3 is 10.6 Å². The van der Waals surface area contributed by atoms with Gasteiger partial charge in [-0.3, -0.25) is 14.7 Å². The number of nitrogens with zero attached hydrogens (tertiary/aromatic N) is 1. The Labute approximate surface area is 152 Å². The van der Waals surface area contributed by atoms with E-state index in [0.717, 1.165) is 5.56 Å². The molecule has 25 heavy (non-hydrogen) atoms. The molecule has 6 nitrogen and oxygen atoms in total. The lowest BCUT2D eigenvalue weighted by molar-refractivity contribution is -0.114.